The number of carbonyl (C=O) groups excluding carboxylic acids is 1. The van der Waals surface area contributed by atoms with Gasteiger partial charge in [0.05, 0.1) is 4.90 Å². The topological polar surface area (TPSA) is 51.2 Å². The Morgan fingerprint density at radius 2 is 2.00 bits per heavy atom. The number of aldehydes is 1. The fraction of sp³-hybridized carbons (Fsp3) is 0.125. The van der Waals surface area contributed by atoms with Crippen LogP contribution in [0.15, 0.2) is 27.6 Å². The van der Waals surface area contributed by atoms with E-state index < -0.39 is 9.84 Å². The number of sulfone groups is 1. The van der Waals surface area contributed by atoms with Crippen molar-refractivity contribution in [3.63, 3.8) is 0 Å². The van der Waals surface area contributed by atoms with Crippen molar-refractivity contribution >= 4 is 32.1 Å². The molecule has 3 nitrogen and oxygen atoms in total. The summed E-state index contributed by atoms with van der Waals surface area (Å²) in [4.78, 5) is 10.6. The van der Waals surface area contributed by atoms with Gasteiger partial charge in [-0.25, -0.2) is 8.42 Å². The molecule has 0 aliphatic heterocycles. The van der Waals surface area contributed by atoms with Crippen LogP contribution in [0, 0.1) is 0 Å². The predicted molar refractivity (Wildman–Crippen MR) is 52.6 cm³/mol. The first-order chi connectivity index (χ1) is 5.95. The zero-order valence-electron chi connectivity index (χ0n) is 6.82. The van der Waals surface area contributed by atoms with Crippen LogP contribution < -0.4 is 0 Å². The van der Waals surface area contributed by atoms with E-state index in [2.05, 4.69) is 15.9 Å². The Labute approximate surface area is 84.8 Å². The van der Waals surface area contributed by atoms with Crippen molar-refractivity contribution in [1.29, 1.82) is 0 Å². The molecule has 0 aliphatic rings. The van der Waals surface area contributed by atoms with Crippen LogP contribution in [0.1, 0.15) is 10.4 Å². The molecule has 1 aromatic rings. The van der Waals surface area contributed by atoms with Gasteiger partial charge in [0.15, 0.2) is 16.1 Å². The summed E-state index contributed by atoms with van der Waals surface area (Å²) in [6, 6.07) is 4.47. The summed E-state index contributed by atoms with van der Waals surface area (Å²) in [5.74, 6) is 0. The van der Waals surface area contributed by atoms with Crippen LogP contribution >= 0.6 is 15.9 Å². The number of benzene rings is 1. The number of rotatable bonds is 2. The molecule has 0 N–H and O–H groups in total. The van der Waals surface area contributed by atoms with E-state index in [1.165, 1.54) is 12.1 Å². The number of hydrogen-bond acceptors (Lipinski definition) is 3. The first kappa shape index (κ1) is 10.4. The highest BCUT2D eigenvalue weighted by Gasteiger charge is 2.12. The maximum absolute atomic E-state index is 11.1. The lowest BCUT2D eigenvalue weighted by atomic mass is 10.2. The van der Waals surface area contributed by atoms with Crippen LogP contribution in [0.5, 0.6) is 0 Å². The molecule has 70 valence electrons. The van der Waals surface area contributed by atoms with Gasteiger partial charge in [-0.3, -0.25) is 4.79 Å². The SMILES string of the molecule is CS(=O)(=O)c1ccc(Br)cc1C=O. The minimum atomic E-state index is -3.31. The molecule has 0 amide bonds. The van der Waals surface area contributed by atoms with E-state index in [1.807, 2.05) is 0 Å². The van der Waals surface area contributed by atoms with Crippen molar-refractivity contribution < 1.29 is 13.2 Å². The van der Waals surface area contributed by atoms with Gasteiger partial charge in [0.1, 0.15) is 0 Å². The smallest absolute Gasteiger partial charge is 0.176 e. The highest BCUT2D eigenvalue weighted by atomic mass is 79.9. The zero-order chi connectivity index (χ0) is 10.1. The van der Waals surface area contributed by atoms with E-state index in [1.54, 1.807) is 6.07 Å². The molecule has 1 aromatic carbocycles. The normalized spacial score (nSPS) is 11.2. The van der Waals surface area contributed by atoms with Gasteiger partial charge in [0, 0.05) is 16.3 Å². The Balaban J connectivity index is 3.47. The van der Waals surface area contributed by atoms with Gasteiger partial charge in [0.2, 0.25) is 0 Å². The van der Waals surface area contributed by atoms with Crippen molar-refractivity contribution in [1.82, 2.24) is 0 Å². The van der Waals surface area contributed by atoms with Gasteiger partial charge in [0.25, 0.3) is 0 Å². The zero-order valence-corrected chi connectivity index (χ0v) is 9.22. The largest absolute Gasteiger partial charge is 0.298 e. The fourth-order valence-corrected chi connectivity index (χ4v) is 2.18. The number of halogens is 1. The highest BCUT2D eigenvalue weighted by molar-refractivity contribution is 9.10. The number of hydrogen-bond donors (Lipinski definition) is 0. The second kappa shape index (κ2) is 3.59. The maximum atomic E-state index is 11.1. The summed E-state index contributed by atoms with van der Waals surface area (Å²) < 4.78 is 23.0. The molecule has 0 saturated carbocycles. The van der Waals surface area contributed by atoms with Gasteiger partial charge in [-0.15, -0.1) is 0 Å². The third-order valence-electron chi connectivity index (χ3n) is 1.50. The Hall–Kier alpha value is -0.680. The molecular weight excluding hydrogens is 256 g/mol. The molecule has 13 heavy (non-hydrogen) atoms. The third kappa shape index (κ3) is 2.38. The van der Waals surface area contributed by atoms with Crippen LogP contribution in [-0.2, 0) is 9.84 Å². The van der Waals surface area contributed by atoms with Crippen LogP contribution in [-0.4, -0.2) is 21.0 Å². The van der Waals surface area contributed by atoms with Crippen molar-refractivity contribution in [2.24, 2.45) is 0 Å². The molecule has 5 heteroatoms. The van der Waals surface area contributed by atoms with E-state index in [4.69, 9.17) is 0 Å². The summed E-state index contributed by atoms with van der Waals surface area (Å²) >= 11 is 3.15. The lowest BCUT2D eigenvalue weighted by Crippen LogP contribution is -2.01. The third-order valence-corrected chi connectivity index (χ3v) is 3.16. The molecule has 0 bridgehead atoms. The minimum Gasteiger partial charge on any atom is -0.298 e. The van der Waals surface area contributed by atoms with E-state index in [9.17, 15) is 13.2 Å². The van der Waals surface area contributed by atoms with Crippen molar-refractivity contribution in [2.75, 3.05) is 6.26 Å². The molecule has 0 spiro atoms. The average Bonchev–Trinajstić information content (AvgIpc) is 2.01. The quantitative estimate of drug-likeness (QED) is 0.762. The summed E-state index contributed by atoms with van der Waals surface area (Å²) in [6.45, 7) is 0. The summed E-state index contributed by atoms with van der Waals surface area (Å²) in [5, 5.41) is 0. The Morgan fingerprint density at radius 3 is 2.46 bits per heavy atom. The molecule has 0 radical (unpaired) electrons. The first-order valence-electron chi connectivity index (χ1n) is 3.40. The van der Waals surface area contributed by atoms with Crippen LogP contribution in [0.4, 0.5) is 0 Å². The lowest BCUT2D eigenvalue weighted by molar-refractivity contribution is 0.112. The van der Waals surface area contributed by atoms with Gasteiger partial charge >= 0.3 is 0 Å². The van der Waals surface area contributed by atoms with Gasteiger partial charge in [-0.05, 0) is 18.2 Å². The highest BCUT2D eigenvalue weighted by Crippen LogP contribution is 2.19. The predicted octanol–water partition coefficient (Wildman–Crippen LogP) is 1.67. The molecule has 1 rings (SSSR count). The summed E-state index contributed by atoms with van der Waals surface area (Å²) in [6.07, 6.45) is 1.60. The molecule has 0 heterocycles. The van der Waals surface area contributed by atoms with Crippen LogP contribution in [0.3, 0.4) is 0 Å². The van der Waals surface area contributed by atoms with Gasteiger partial charge in [-0.2, -0.15) is 0 Å². The van der Waals surface area contributed by atoms with Crippen LogP contribution in [0.25, 0.3) is 0 Å². The molecule has 0 aliphatic carbocycles. The standard InChI is InChI=1S/C8H7BrO3S/c1-13(11,12)8-3-2-7(9)4-6(8)5-10/h2-5H,1H3. The fourth-order valence-electron chi connectivity index (χ4n) is 0.949. The maximum Gasteiger partial charge on any atom is 0.176 e. The molecule has 0 unspecified atom stereocenters. The van der Waals surface area contributed by atoms with E-state index in [-0.39, 0.29) is 10.5 Å². The molecule has 0 saturated heterocycles. The molecule has 0 atom stereocenters. The minimum absolute atomic E-state index is 0.0608. The Bertz CT molecular complexity index is 437. The molecule has 0 aromatic heterocycles. The second-order valence-electron chi connectivity index (χ2n) is 2.57. The Morgan fingerprint density at radius 1 is 1.38 bits per heavy atom. The molecule has 0 fully saturated rings. The van der Waals surface area contributed by atoms with Crippen LogP contribution in [0.2, 0.25) is 0 Å². The average molecular weight is 263 g/mol. The van der Waals surface area contributed by atoms with E-state index in [0.29, 0.717) is 10.8 Å². The summed E-state index contributed by atoms with van der Waals surface area (Å²) in [5.41, 5.74) is 0.178. The monoisotopic (exact) mass is 262 g/mol. The van der Waals surface area contributed by atoms with Gasteiger partial charge < -0.3 is 0 Å². The van der Waals surface area contributed by atoms with Crippen molar-refractivity contribution in [2.45, 2.75) is 4.90 Å². The van der Waals surface area contributed by atoms with E-state index >= 15 is 0 Å². The van der Waals surface area contributed by atoms with Crippen molar-refractivity contribution in [3.8, 4) is 0 Å². The molecular formula is C8H7BrO3S. The lowest BCUT2D eigenvalue weighted by Gasteiger charge is -2.01. The summed E-state index contributed by atoms with van der Waals surface area (Å²) in [7, 11) is -3.31. The number of carbonyl (C=O) groups is 1. The Kier molecular flexibility index (Phi) is 2.87. The first-order valence-corrected chi connectivity index (χ1v) is 6.08. The second-order valence-corrected chi connectivity index (χ2v) is 5.47. The van der Waals surface area contributed by atoms with Crippen molar-refractivity contribution in [3.05, 3.63) is 28.2 Å². The van der Waals surface area contributed by atoms with Gasteiger partial charge in [-0.1, -0.05) is 15.9 Å². The van der Waals surface area contributed by atoms with E-state index in [0.717, 1.165) is 6.26 Å².